The topological polar surface area (TPSA) is 61.4 Å². The van der Waals surface area contributed by atoms with E-state index < -0.39 is 0 Å². The first-order chi connectivity index (χ1) is 12.0. The first kappa shape index (κ1) is 17.2. The predicted octanol–water partition coefficient (Wildman–Crippen LogP) is 2.60. The van der Waals surface area contributed by atoms with Crippen molar-refractivity contribution in [2.24, 2.45) is 0 Å². The van der Waals surface area contributed by atoms with E-state index in [1.165, 1.54) is 5.56 Å². The molecule has 1 aliphatic rings. The Kier molecular flexibility index (Phi) is 5.14. The average molecular weight is 337 g/mol. The molecular formula is C20H23N3O2. The molecule has 2 amide bonds. The molecular weight excluding hydrogens is 314 g/mol. The van der Waals surface area contributed by atoms with Crippen LogP contribution in [0.1, 0.15) is 33.9 Å². The highest BCUT2D eigenvalue weighted by Gasteiger charge is 2.29. The molecule has 0 bridgehead atoms. The van der Waals surface area contributed by atoms with Gasteiger partial charge in [0.05, 0.1) is 12.5 Å². The molecule has 5 heteroatoms. The SMILES string of the molecule is CN(C)CCc1ccc(NC(=O)CC2NC(=O)c3ccccc32)cc1. The van der Waals surface area contributed by atoms with E-state index in [0.29, 0.717) is 5.56 Å². The number of hydrogen-bond acceptors (Lipinski definition) is 3. The largest absolute Gasteiger partial charge is 0.345 e. The molecule has 1 aliphatic heterocycles. The predicted molar refractivity (Wildman–Crippen MR) is 98.6 cm³/mol. The Morgan fingerprint density at radius 2 is 1.84 bits per heavy atom. The van der Waals surface area contributed by atoms with Gasteiger partial charge in [0.25, 0.3) is 5.91 Å². The molecule has 1 unspecified atom stereocenters. The molecule has 0 aliphatic carbocycles. The van der Waals surface area contributed by atoms with Crippen LogP contribution < -0.4 is 10.6 Å². The number of likely N-dealkylation sites (N-methyl/N-ethyl adjacent to an activating group) is 1. The zero-order valence-corrected chi connectivity index (χ0v) is 14.6. The van der Waals surface area contributed by atoms with Gasteiger partial charge in [-0.05, 0) is 49.8 Å². The molecule has 1 heterocycles. The zero-order valence-electron chi connectivity index (χ0n) is 14.6. The van der Waals surface area contributed by atoms with Crippen LogP contribution in [-0.4, -0.2) is 37.4 Å². The second-order valence-corrected chi connectivity index (χ2v) is 6.62. The lowest BCUT2D eigenvalue weighted by Crippen LogP contribution is -2.24. The number of carbonyl (C=O) groups excluding carboxylic acids is 2. The smallest absolute Gasteiger partial charge is 0.252 e. The lowest BCUT2D eigenvalue weighted by molar-refractivity contribution is -0.116. The minimum Gasteiger partial charge on any atom is -0.345 e. The van der Waals surface area contributed by atoms with Crippen molar-refractivity contribution >= 4 is 17.5 Å². The molecule has 0 spiro atoms. The monoisotopic (exact) mass is 337 g/mol. The first-order valence-electron chi connectivity index (χ1n) is 8.46. The Balaban J connectivity index is 1.57. The quantitative estimate of drug-likeness (QED) is 0.852. The number of amides is 2. The number of nitrogens with one attached hydrogen (secondary N) is 2. The lowest BCUT2D eigenvalue weighted by Gasteiger charge is -2.13. The summed E-state index contributed by atoms with van der Waals surface area (Å²) in [4.78, 5) is 26.4. The third-order valence-corrected chi connectivity index (χ3v) is 4.36. The van der Waals surface area contributed by atoms with Gasteiger partial charge in [-0.3, -0.25) is 9.59 Å². The normalized spacial score (nSPS) is 15.8. The second kappa shape index (κ2) is 7.49. The molecule has 5 nitrogen and oxygen atoms in total. The number of benzene rings is 2. The molecule has 2 aromatic carbocycles. The molecule has 1 atom stereocenters. The van der Waals surface area contributed by atoms with Gasteiger partial charge in [0.15, 0.2) is 0 Å². The van der Waals surface area contributed by atoms with E-state index >= 15 is 0 Å². The van der Waals surface area contributed by atoms with E-state index in [1.807, 2.05) is 42.5 Å². The van der Waals surface area contributed by atoms with Gasteiger partial charge >= 0.3 is 0 Å². The maximum absolute atomic E-state index is 12.3. The zero-order chi connectivity index (χ0) is 17.8. The molecule has 25 heavy (non-hydrogen) atoms. The van der Waals surface area contributed by atoms with E-state index in [4.69, 9.17) is 0 Å². The number of carbonyl (C=O) groups is 2. The fourth-order valence-corrected chi connectivity index (χ4v) is 2.99. The molecule has 0 radical (unpaired) electrons. The van der Waals surface area contributed by atoms with Crippen LogP contribution in [0, 0.1) is 0 Å². The first-order valence-corrected chi connectivity index (χ1v) is 8.46. The molecule has 130 valence electrons. The van der Waals surface area contributed by atoms with Crippen molar-refractivity contribution in [3.05, 3.63) is 65.2 Å². The number of hydrogen-bond donors (Lipinski definition) is 2. The highest BCUT2D eigenvalue weighted by molar-refractivity contribution is 6.00. The molecule has 0 fully saturated rings. The minimum absolute atomic E-state index is 0.108. The van der Waals surface area contributed by atoms with E-state index in [0.717, 1.165) is 24.2 Å². The summed E-state index contributed by atoms with van der Waals surface area (Å²) in [7, 11) is 4.10. The van der Waals surface area contributed by atoms with E-state index in [-0.39, 0.29) is 24.3 Å². The molecule has 2 N–H and O–H groups in total. The van der Waals surface area contributed by atoms with Crippen molar-refractivity contribution in [2.75, 3.05) is 26.0 Å². The fraction of sp³-hybridized carbons (Fsp3) is 0.300. The van der Waals surface area contributed by atoms with Crippen molar-refractivity contribution in [1.29, 1.82) is 0 Å². The highest BCUT2D eigenvalue weighted by Crippen LogP contribution is 2.27. The fourth-order valence-electron chi connectivity index (χ4n) is 2.99. The summed E-state index contributed by atoms with van der Waals surface area (Å²) in [5.74, 6) is -0.221. The molecule has 0 aromatic heterocycles. The summed E-state index contributed by atoms with van der Waals surface area (Å²) in [5, 5.41) is 5.77. The number of rotatable bonds is 6. The van der Waals surface area contributed by atoms with Crippen LogP contribution in [0.15, 0.2) is 48.5 Å². The van der Waals surface area contributed by atoms with E-state index in [1.54, 1.807) is 6.07 Å². The highest BCUT2D eigenvalue weighted by atomic mass is 16.2. The van der Waals surface area contributed by atoms with Gasteiger partial charge in [-0.25, -0.2) is 0 Å². The Bertz CT molecular complexity index is 769. The van der Waals surface area contributed by atoms with Crippen LogP contribution in [0.5, 0.6) is 0 Å². The van der Waals surface area contributed by atoms with Crippen LogP contribution in [0.2, 0.25) is 0 Å². The van der Waals surface area contributed by atoms with Crippen LogP contribution in [-0.2, 0) is 11.2 Å². The van der Waals surface area contributed by atoms with Crippen molar-refractivity contribution in [2.45, 2.75) is 18.9 Å². The van der Waals surface area contributed by atoms with Gasteiger partial charge < -0.3 is 15.5 Å². The van der Waals surface area contributed by atoms with Gasteiger partial charge in [0.2, 0.25) is 5.91 Å². The van der Waals surface area contributed by atoms with Gasteiger partial charge in [0, 0.05) is 17.8 Å². The van der Waals surface area contributed by atoms with Crippen LogP contribution >= 0.6 is 0 Å². The molecule has 2 aromatic rings. The van der Waals surface area contributed by atoms with E-state index in [2.05, 4.69) is 29.6 Å². The number of nitrogens with zero attached hydrogens (tertiary/aromatic N) is 1. The Morgan fingerprint density at radius 1 is 1.12 bits per heavy atom. The molecule has 3 rings (SSSR count). The van der Waals surface area contributed by atoms with Crippen molar-refractivity contribution in [1.82, 2.24) is 10.2 Å². The lowest BCUT2D eigenvalue weighted by atomic mass is 10.0. The molecule has 0 saturated heterocycles. The standard InChI is InChI=1S/C20H23N3O2/c1-23(2)12-11-14-7-9-15(10-8-14)21-19(24)13-18-16-5-3-4-6-17(16)20(25)22-18/h3-10,18H,11-13H2,1-2H3,(H,21,24)(H,22,25). The van der Waals surface area contributed by atoms with Crippen molar-refractivity contribution in [3.8, 4) is 0 Å². The summed E-state index contributed by atoms with van der Waals surface area (Å²) in [6, 6.07) is 15.0. The maximum atomic E-state index is 12.3. The third kappa shape index (κ3) is 4.25. The van der Waals surface area contributed by atoms with E-state index in [9.17, 15) is 9.59 Å². The van der Waals surface area contributed by atoms with Gasteiger partial charge in [0.1, 0.15) is 0 Å². The maximum Gasteiger partial charge on any atom is 0.252 e. The van der Waals surface area contributed by atoms with Crippen LogP contribution in [0.4, 0.5) is 5.69 Å². The van der Waals surface area contributed by atoms with Crippen LogP contribution in [0.3, 0.4) is 0 Å². The Morgan fingerprint density at radius 3 is 2.56 bits per heavy atom. The van der Waals surface area contributed by atoms with Crippen LogP contribution in [0.25, 0.3) is 0 Å². The summed E-state index contributed by atoms with van der Waals surface area (Å²) >= 11 is 0. The number of fused-ring (bicyclic) bond motifs is 1. The minimum atomic E-state index is -0.261. The summed E-state index contributed by atoms with van der Waals surface area (Å²) < 4.78 is 0. The summed E-state index contributed by atoms with van der Waals surface area (Å²) in [6.07, 6.45) is 1.21. The van der Waals surface area contributed by atoms with Crippen molar-refractivity contribution < 1.29 is 9.59 Å². The van der Waals surface area contributed by atoms with Crippen molar-refractivity contribution in [3.63, 3.8) is 0 Å². The number of anilines is 1. The van der Waals surface area contributed by atoms with Gasteiger partial charge in [-0.1, -0.05) is 30.3 Å². The third-order valence-electron chi connectivity index (χ3n) is 4.36. The summed E-state index contributed by atoms with van der Waals surface area (Å²) in [6.45, 7) is 0.993. The average Bonchev–Trinajstić information content (AvgIpc) is 2.90. The second-order valence-electron chi connectivity index (χ2n) is 6.62. The van der Waals surface area contributed by atoms with Gasteiger partial charge in [-0.2, -0.15) is 0 Å². The Labute approximate surface area is 148 Å². The van der Waals surface area contributed by atoms with Gasteiger partial charge in [-0.15, -0.1) is 0 Å². The summed E-state index contributed by atoms with van der Waals surface area (Å²) in [5.41, 5.74) is 3.56. The Hall–Kier alpha value is -2.66. The molecule has 0 saturated carbocycles.